The van der Waals surface area contributed by atoms with Crippen molar-refractivity contribution in [1.82, 2.24) is 4.90 Å². The van der Waals surface area contributed by atoms with Gasteiger partial charge in [0.15, 0.2) is 0 Å². The molecule has 4 nitrogen and oxygen atoms in total. The Morgan fingerprint density at radius 2 is 2.10 bits per heavy atom. The van der Waals surface area contributed by atoms with Crippen molar-refractivity contribution in [3.63, 3.8) is 0 Å². The maximum atomic E-state index is 10.3. The predicted molar refractivity (Wildman–Crippen MR) is 80.7 cm³/mol. The average molecular weight is 278 g/mol. The van der Waals surface area contributed by atoms with Gasteiger partial charge in [0.25, 0.3) is 0 Å². The Bertz CT molecular complexity index is 417. The van der Waals surface area contributed by atoms with E-state index >= 15 is 0 Å². The minimum atomic E-state index is -0.478. The van der Waals surface area contributed by atoms with E-state index in [-0.39, 0.29) is 0 Å². The maximum absolute atomic E-state index is 10.3. The molecule has 1 aliphatic carbocycles. The number of ether oxygens (including phenoxy) is 1. The van der Waals surface area contributed by atoms with Crippen LogP contribution >= 0.6 is 0 Å². The summed E-state index contributed by atoms with van der Waals surface area (Å²) < 4.78 is 5.74. The highest BCUT2D eigenvalue weighted by Gasteiger charge is 2.31. The number of rotatable bonds is 7. The number of hydrogen-bond donors (Lipinski definition) is 2. The number of hydrogen-bond acceptors (Lipinski definition) is 4. The van der Waals surface area contributed by atoms with Gasteiger partial charge in [0, 0.05) is 19.6 Å². The van der Waals surface area contributed by atoms with Gasteiger partial charge in [-0.15, -0.1) is 0 Å². The number of nitrogens with zero attached hydrogens (tertiary/aromatic N) is 1. The Kier molecular flexibility index (Phi) is 5.40. The minimum absolute atomic E-state index is 0.478. The summed E-state index contributed by atoms with van der Waals surface area (Å²) in [6.07, 6.45) is 4.15. The van der Waals surface area contributed by atoms with E-state index in [2.05, 4.69) is 4.90 Å². The van der Waals surface area contributed by atoms with Crippen LogP contribution in [0.25, 0.3) is 0 Å². The van der Waals surface area contributed by atoms with Crippen LogP contribution in [0.3, 0.4) is 0 Å². The van der Waals surface area contributed by atoms with E-state index in [0.717, 1.165) is 50.1 Å². The summed E-state index contributed by atoms with van der Waals surface area (Å²) in [6.45, 7) is 2.71. The van der Waals surface area contributed by atoms with Crippen molar-refractivity contribution in [3.8, 4) is 5.75 Å². The van der Waals surface area contributed by atoms with Gasteiger partial charge in [-0.25, -0.2) is 0 Å². The van der Waals surface area contributed by atoms with Gasteiger partial charge in [0.2, 0.25) is 0 Å². The Morgan fingerprint density at radius 3 is 2.80 bits per heavy atom. The molecule has 3 N–H and O–H groups in total. The maximum Gasteiger partial charge on any atom is 0.119 e. The first-order valence-electron chi connectivity index (χ1n) is 7.44. The molecule has 0 heterocycles. The van der Waals surface area contributed by atoms with Gasteiger partial charge in [-0.2, -0.15) is 0 Å². The minimum Gasteiger partial charge on any atom is -0.492 e. The largest absolute Gasteiger partial charge is 0.492 e. The smallest absolute Gasteiger partial charge is 0.119 e. The molecule has 0 bridgehead atoms. The lowest BCUT2D eigenvalue weighted by molar-refractivity contribution is 0.0139. The van der Waals surface area contributed by atoms with Crippen molar-refractivity contribution < 1.29 is 9.84 Å². The quantitative estimate of drug-likeness (QED) is 0.798. The summed E-state index contributed by atoms with van der Waals surface area (Å²) in [5.41, 5.74) is 6.21. The van der Waals surface area contributed by atoms with Crippen LogP contribution in [0.1, 0.15) is 31.2 Å². The van der Waals surface area contributed by atoms with Gasteiger partial charge in [-0.05, 0) is 37.6 Å². The summed E-state index contributed by atoms with van der Waals surface area (Å²) in [7, 11) is 2.04. The van der Waals surface area contributed by atoms with Crippen LogP contribution in [0.2, 0.25) is 0 Å². The first kappa shape index (κ1) is 15.3. The molecule has 112 valence electrons. The fourth-order valence-corrected chi connectivity index (χ4v) is 2.85. The van der Waals surface area contributed by atoms with Crippen molar-refractivity contribution in [2.45, 2.75) is 37.8 Å². The molecule has 0 aliphatic heterocycles. The zero-order chi connectivity index (χ0) is 14.4. The molecular weight excluding hydrogens is 252 g/mol. The number of likely N-dealkylation sites (N-methyl/N-ethyl adjacent to an activating group) is 1. The van der Waals surface area contributed by atoms with E-state index in [1.165, 1.54) is 0 Å². The van der Waals surface area contributed by atoms with Crippen molar-refractivity contribution in [3.05, 3.63) is 29.8 Å². The molecule has 0 amide bonds. The third-order valence-corrected chi connectivity index (χ3v) is 3.97. The standard InChI is InChI=1S/C16H26N2O2/c1-18(13-16(19)7-2-3-8-16)9-10-20-15-6-4-5-14(11-15)12-17/h4-6,11,19H,2-3,7-10,12-13,17H2,1H3. The molecular formula is C16H26N2O2. The van der Waals surface area contributed by atoms with Gasteiger partial charge >= 0.3 is 0 Å². The van der Waals surface area contributed by atoms with E-state index in [0.29, 0.717) is 13.2 Å². The SMILES string of the molecule is CN(CCOc1cccc(CN)c1)CC1(O)CCCC1. The monoisotopic (exact) mass is 278 g/mol. The first-order valence-corrected chi connectivity index (χ1v) is 7.44. The third-order valence-electron chi connectivity index (χ3n) is 3.97. The van der Waals surface area contributed by atoms with Gasteiger partial charge in [0.1, 0.15) is 12.4 Å². The van der Waals surface area contributed by atoms with Gasteiger partial charge < -0.3 is 20.5 Å². The molecule has 0 saturated heterocycles. The van der Waals surface area contributed by atoms with Gasteiger partial charge in [-0.3, -0.25) is 0 Å². The summed E-state index contributed by atoms with van der Waals surface area (Å²) in [5, 5.41) is 10.3. The fraction of sp³-hybridized carbons (Fsp3) is 0.625. The molecule has 0 spiro atoms. The van der Waals surface area contributed by atoms with Crippen LogP contribution < -0.4 is 10.5 Å². The Balaban J connectivity index is 1.72. The van der Waals surface area contributed by atoms with E-state index < -0.39 is 5.60 Å². The lowest BCUT2D eigenvalue weighted by Gasteiger charge is -2.28. The molecule has 20 heavy (non-hydrogen) atoms. The van der Waals surface area contributed by atoms with Crippen molar-refractivity contribution in [2.24, 2.45) is 5.73 Å². The molecule has 1 saturated carbocycles. The Labute approximate surface area is 121 Å². The third kappa shape index (κ3) is 4.47. The second-order valence-electron chi connectivity index (χ2n) is 5.87. The molecule has 1 aliphatic rings. The number of aliphatic hydroxyl groups is 1. The summed E-state index contributed by atoms with van der Waals surface area (Å²) >= 11 is 0. The van der Waals surface area contributed by atoms with E-state index in [9.17, 15) is 5.11 Å². The van der Waals surface area contributed by atoms with E-state index in [4.69, 9.17) is 10.5 Å². The lowest BCUT2D eigenvalue weighted by atomic mass is 10.0. The first-order chi connectivity index (χ1) is 9.61. The van der Waals surface area contributed by atoms with Crippen molar-refractivity contribution >= 4 is 0 Å². The van der Waals surface area contributed by atoms with E-state index in [1.54, 1.807) is 0 Å². The molecule has 0 radical (unpaired) electrons. The Morgan fingerprint density at radius 1 is 1.35 bits per heavy atom. The molecule has 2 rings (SSSR count). The summed E-state index contributed by atoms with van der Waals surface area (Å²) in [6, 6.07) is 7.88. The normalized spacial score (nSPS) is 17.6. The number of benzene rings is 1. The van der Waals surface area contributed by atoms with Crippen LogP contribution in [-0.4, -0.2) is 42.4 Å². The molecule has 0 atom stereocenters. The molecule has 1 aromatic carbocycles. The van der Waals surface area contributed by atoms with Crippen LogP contribution in [0.5, 0.6) is 5.75 Å². The molecule has 0 unspecified atom stereocenters. The highest BCUT2D eigenvalue weighted by atomic mass is 16.5. The zero-order valence-corrected chi connectivity index (χ0v) is 12.3. The van der Waals surface area contributed by atoms with Crippen LogP contribution in [0, 0.1) is 0 Å². The second kappa shape index (κ2) is 7.07. The van der Waals surface area contributed by atoms with E-state index in [1.807, 2.05) is 31.3 Å². The van der Waals surface area contributed by atoms with Gasteiger partial charge in [-0.1, -0.05) is 25.0 Å². The fourth-order valence-electron chi connectivity index (χ4n) is 2.85. The summed E-state index contributed by atoms with van der Waals surface area (Å²) in [4.78, 5) is 2.15. The second-order valence-corrected chi connectivity index (χ2v) is 5.87. The van der Waals surface area contributed by atoms with Gasteiger partial charge in [0.05, 0.1) is 5.60 Å². The zero-order valence-electron chi connectivity index (χ0n) is 12.3. The Hall–Kier alpha value is -1.10. The highest BCUT2D eigenvalue weighted by Crippen LogP contribution is 2.29. The van der Waals surface area contributed by atoms with Crippen LogP contribution in [0.15, 0.2) is 24.3 Å². The topological polar surface area (TPSA) is 58.7 Å². The summed E-state index contributed by atoms with van der Waals surface area (Å²) in [5.74, 6) is 0.862. The molecule has 4 heteroatoms. The predicted octanol–water partition coefficient (Wildman–Crippen LogP) is 1.76. The number of nitrogens with two attached hydrogens (primary N) is 1. The van der Waals surface area contributed by atoms with Crippen molar-refractivity contribution in [1.29, 1.82) is 0 Å². The molecule has 1 fully saturated rings. The van der Waals surface area contributed by atoms with Crippen LogP contribution in [-0.2, 0) is 6.54 Å². The average Bonchev–Trinajstić information content (AvgIpc) is 2.85. The van der Waals surface area contributed by atoms with Crippen molar-refractivity contribution in [2.75, 3.05) is 26.7 Å². The van der Waals surface area contributed by atoms with Crippen LogP contribution in [0.4, 0.5) is 0 Å². The molecule has 0 aromatic heterocycles. The lowest BCUT2D eigenvalue weighted by Crippen LogP contribution is -2.40. The molecule has 1 aromatic rings. The highest BCUT2D eigenvalue weighted by molar-refractivity contribution is 5.28.